The quantitative estimate of drug-likeness (QED) is 0.540. The van der Waals surface area contributed by atoms with Crippen LogP contribution in [0.4, 0.5) is 11.4 Å². The van der Waals surface area contributed by atoms with E-state index < -0.39 is 0 Å². The van der Waals surface area contributed by atoms with Gasteiger partial charge in [-0.1, -0.05) is 30.8 Å². The van der Waals surface area contributed by atoms with Gasteiger partial charge >= 0.3 is 0 Å². The van der Waals surface area contributed by atoms with Crippen LogP contribution < -0.4 is 16.4 Å². The van der Waals surface area contributed by atoms with Crippen LogP contribution in [-0.4, -0.2) is 47.9 Å². The van der Waals surface area contributed by atoms with Crippen molar-refractivity contribution >= 4 is 34.0 Å². The number of rotatable bonds is 5. The second-order valence-electron chi connectivity index (χ2n) is 8.14. The van der Waals surface area contributed by atoms with E-state index in [1.165, 1.54) is 6.08 Å². The van der Waals surface area contributed by atoms with Gasteiger partial charge in [0, 0.05) is 29.2 Å². The van der Waals surface area contributed by atoms with Crippen LogP contribution >= 0.6 is 0 Å². The third-order valence-electron chi connectivity index (χ3n) is 5.72. The fourth-order valence-electron chi connectivity index (χ4n) is 4.08. The van der Waals surface area contributed by atoms with Crippen LogP contribution in [0.15, 0.2) is 61.2 Å². The predicted molar refractivity (Wildman–Crippen MR) is 128 cm³/mol. The third-order valence-corrected chi connectivity index (χ3v) is 5.72. The molecule has 0 spiro atoms. The van der Waals surface area contributed by atoms with Gasteiger partial charge in [0.2, 0.25) is 5.91 Å². The Morgan fingerprint density at radius 1 is 1.22 bits per heavy atom. The molecule has 0 saturated carbocycles. The number of carbonyl (C=O) groups excluding carboxylic acids is 2. The number of amides is 2. The predicted octanol–water partition coefficient (Wildman–Crippen LogP) is 3.43. The molecule has 0 radical (unpaired) electrons. The maximum Gasteiger partial charge on any atom is 0.272 e. The largest absolute Gasteiger partial charge is 0.397 e. The van der Waals surface area contributed by atoms with Gasteiger partial charge in [0.25, 0.3) is 5.91 Å². The SMILES string of the molecule is C=CC(=O)Nc1cccc2ccc(-c3ccc(N)c(C(=O)N[C@H]4CCCN(C)C4)n3)cc12. The minimum atomic E-state index is -0.277. The topological polar surface area (TPSA) is 100 Å². The monoisotopic (exact) mass is 429 g/mol. The highest BCUT2D eigenvalue weighted by Gasteiger charge is 2.22. The Labute approximate surface area is 187 Å². The molecule has 4 rings (SSSR count). The summed E-state index contributed by atoms with van der Waals surface area (Å²) in [5.74, 6) is -0.537. The third kappa shape index (κ3) is 4.63. The number of likely N-dealkylation sites (tertiary alicyclic amines) is 1. The molecule has 32 heavy (non-hydrogen) atoms. The summed E-state index contributed by atoms with van der Waals surface area (Å²) in [5.41, 5.74) is 8.81. The number of hydrogen-bond donors (Lipinski definition) is 3. The van der Waals surface area contributed by atoms with Crippen molar-refractivity contribution in [3.63, 3.8) is 0 Å². The van der Waals surface area contributed by atoms with Crippen molar-refractivity contribution in [1.82, 2.24) is 15.2 Å². The lowest BCUT2D eigenvalue weighted by Gasteiger charge is -2.30. The van der Waals surface area contributed by atoms with Crippen molar-refractivity contribution < 1.29 is 9.59 Å². The molecule has 0 aliphatic carbocycles. The zero-order valence-corrected chi connectivity index (χ0v) is 18.1. The first-order valence-electron chi connectivity index (χ1n) is 10.7. The van der Waals surface area contributed by atoms with Crippen molar-refractivity contribution in [3.8, 4) is 11.3 Å². The van der Waals surface area contributed by atoms with Crippen LogP contribution in [0, 0.1) is 0 Å². The number of fused-ring (bicyclic) bond motifs is 1. The molecular weight excluding hydrogens is 402 g/mol. The lowest BCUT2D eigenvalue weighted by Crippen LogP contribution is -2.46. The molecule has 7 nitrogen and oxygen atoms in total. The highest BCUT2D eigenvalue weighted by molar-refractivity contribution is 6.06. The zero-order valence-electron chi connectivity index (χ0n) is 18.1. The van der Waals surface area contributed by atoms with Gasteiger partial charge in [-0.25, -0.2) is 4.98 Å². The molecule has 0 bridgehead atoms. The first-order valence-corrected chi connectivity index (χ1v) is 10.7. The summed E-state index contributed by atoms with van der Waals surface area (Å²) in [7, 11) is 2.05. The summed E-state index contributed by atoms with van der Waals surface area (Å²) >= 11 is 0. The van der Waals surface area contributed by atoms with Crippen LogP contribution in [0.25, 0.3) is 22.0 Å². The van der Waals surface area contributed by atoms with Crippen molar-refractivity contribution in [1.29, 1.82) is 0 Å². The minimum Gasteiger partial charge on any atom is -0.397 e. The number of nitrogens with one attached hydrogen (secondary N) is 2. The number of benzene rings is 2. The molecule has 3 aromatic rings. The Kier molecular flexibility index (Phi) is 6.18. The standard InChI is InChI=1S/C25H27N5O2/c1-3-23(31)28-22-8-4-6-16-9-10-17(14-19(16)22)21-12-11-20(26)24(29-21)25(32)27-18-7-5-13-30(2)15-18/h3-4,6,8-12,14,18H,1,5,7,13,15,26H2,2H3,(H,27,32)(H,28,31)/t18-/m0/s1. The van der Waals surface area contributed by atoms with Crippen molar-refractivity contribution in [2.45, 2.75) is 18.9 Å². The first-order chi connectivity index (χ1) is 15.4. The fraction of sp³-hybridized carbons (Fsp3) is 0.240. The number of nitrogens with zero attached hydrogens (tertiary/aromatic N) is 2. The van der Waals surface area contributed by atoms with Crippen LogP contribution in [0.5, 0.6) is 0 Å². The molecule has 2 amide bonds. The number of likely N-dealkylation sites (N-methyl/N-ethyl adjacent to an activating group) is 1. The van der Waals surface area contributed by atoms with Gasteiger partial charge in [0.05, 0.1) is 11.4 Å². The van der Waals surface area contributed by atoms with Gasteiger partial charge in [0.15, 0.2) is 5.69 Å². The number of anilines is 2. The lowest BCUT2D eigenvalue weighted by atomic mass is 10.0. The summed E-state index contributed by atoms with van der Waals surface area (Å²) in [4.78, 5) is 31.5. The molecular formula is C25H27N5O2. The molecule has 1 atom stereocenters. The molecule has 7 heteroatoms. The van der Waals surface area contributed by atoms with E-state index in [-0.39, 0.29) is 23.6 Å². The van der Waals surface area contributed by atoms with E-state index in [0.29, 0.717) is 17.1 Å². The highest BCUT2D eigenvalue weighted by atomic mass is 16.2. The van der Waals surface area contributed by atoms with Crippen molar-refractivity contribution in [2.75, 3.05) is 31.2 Å². The number of nitrogen functional groups attached to an aromatic ring is 1. The number of carbonyl (C=O) groups is 2. The van der Waals surface area contributed by atoms with Gasteiger partial charge in [-0.3, -0.25) is 9.59 Å². The molecule has 1 aliphatic heterocycles. The van der Waals surface area contributed by atoms with Gasteiger partial charge in [-0.2, -0.15) is 0 Å². The van der Waals surface area contributed by atoms with Crippen LogP contribution in [0.2, 0.25) is 0 Å². The Balaban J connectivity index is 1.65. The Morgan fingerprint density at radius 2 is 2.06 bits per heavy atom. The summed E-state index contributed by atoms with van der Waals surface area (Å²) < 4.78 is 0. The van der Waals surface area contributed by atoms with Gasteiger partial charge in [-0.15, -0.1) is 0 Å². The van der Waals surface area contributed by atoms with Gasteiger partial charge in [0.1, 0.15) is 0 Å². The molecule has 2 heterocycles. The second kappa shape index (κ2) is 9.20. The second-order valence-corrected chi connectivity index (χ2v) is 8.14. The van der Waals surface area contributed by atoms with Crippen LogP contribution in [-0.2, 0) is 4.79 Å². The summed E-state index contributed by atoms with van der Waals surface area (Å²) in [6.45, 7) is 5.36. The molecule has 1 saturated heterocycles. The summed E-state index contributed by atoms with van der Waals surface area (Å²) in [6, 6.07) is 15.1. The van der Waals surface area contributed by atoms with Crippen LogP contribution in [0.3, 0.4) is 0 Å². The van der Waals surface area contributed by atoms with E-state index in [1.807, 2.05) is 36.4 Å². The maximum atomic E-state index is 12.9. The minimum absolute atomic E-state index is 0.0859. The van der Waals surface area contributed by atoms with Crippen LogP contribution in [0.1, 0.15) is 23.3 Å². The van der Waals surface area contributed by atoms with E-state index >= 15 is 0 Å². The van der Waals surface area contributed by atoms with E-state index in [4.69, 9.17) is 5.73 Å². The highest BCUT2D eigenvalue weighted by Crippen LogP contribution is 2.29. The molecule has 0 unspecified atom stereocenters. The smallest absolute Gasteiger partial charge is 0.272 e. The number of aromatic nitrogens is 1. The zero-order chi connectivity index (χ0) is 22.7. The summed E-state index contributed by atoms with van der Waals surface area (Å²) in [6.07, 6.45) is 3.23. The number of nitrogens with two attached hydrogens (primary N) is 1. The normalized spacial score (nSPS) is 16.5. The van der Waals surface area contributed by atoms with Crippen molar-refractivity contribution in [2.24, 2.45) is 0 Å². The molecule has 2 aromatic carbocycles. The molecule has 164 valence electrons. The number of hydrogen-bond acceptors (Lipinski definition) is 5. The number of pyridine rings is 1. The Morgan fingerprint density at radius 3 is 2.84 bits per heavy atom. The molecule has 1 fully saturated rings. The van der Waals surface area contributed by atoms with E-state index in [1.54, 1.807) is 12.1 Å². The average Bonchev–Trinajstić information content (AvgIpc) is 2.79. The molecule has 4 N–H and O–H groups in total. The summed E-state index contributed by atoms with van der Waals surface area (Å²) in [5, 5.41) is 7.76. The maximum absolute atomic E-state index is 12.9. The average molecular weight is 430 g/mol. The van der Waals surface area contributed by atoms with E-state index in [9.17, 15) is 9.59 Å². The van der Waals surface area contributed by atoms with Gasteiger partial charge in [-0.05, 0) is 62.2 Å². The van der Waals surface area contributed by atoms with Crippen molar-refractivity contribution in [3.05, 3.63) is 66.9 Å². The van der Waals surface area contributed by atoms with E-state index in [2.05, 4.69) is 34.1 Å². The first kappa shape index (κ1) is 21.5. The molecule has 1 aromatic heterocycles. The van der Waals surface area contributed by atoms with E-state index in [0.717, 1.165) is 42.3 Å². The lowest BCUT2D eigenvalue weighted by molar-refractivity contribution is -0.111. The fourth-order valence-corrected chi connectivity index (χ4v) is 4.08. The Bertz CT molecular complexity index is 1190. The Hall–Kier alpha value is -3.71. The molecule has 1 aliphatic rings. The van der Waals surface area contributed by atoms with Gasteiger partial charge < -0.3 is 21.3 Å². The number of piperidine rings is 1.